The smallest absolute Gasteiger partial charge is 0.132 e. The zero-order valence-corrected chi connectivity index (χ0v) is 10.4. The molecule has 0 aliphatic heterocycles. The Hall–Kier alpha value is -2.38. The number of benzene rings is 2. The first kappa shape index (κ1) is 13.1. The van der Waals surface area contributed by atoms with Crippen molar-refractivity contribution in [2.24, 2.45) is 5.73 Å². The molecule has 0 heterocycles. The van der Waals surface area contributed by atoms with Crippen LogP contribution in [0.25, 0.3) is 0 Å². The summed E-state index contributed by atoms with van der Waals surface area (Å²) in [7, 11) is 0. The lowest BCUT2D eigenvalue weighted by molar-refractivity contribution is 0.469. The zero-order chi connectivity index (χ0) is 13.8. The highest BCUT2D eigenvalue weighted by molar-refractivity contribution is 5.41. The van der Waals surface area contributed by atoms with Gasteiger partial charge in [0, 0.05) is 11.6 Å². The minimum atomic E-state index is -0.348. The summed E-state index contributed by atoms with van der Waals surface area (Å²) >= 11 is 0. The van der Waals surface area contributed by atoms with Crippen LogP contribution in [0.3, 0.4) is 0 Å². The summed E-state index contributed by atoms with van der Waals surface area (Å²) in [6.45, 7) is 1.76. The first-order valence-electron chi connectivity index (χ1n) is 5.83. The average molecular weight is 256 g/mol. The van der Waals surface area contributed by atoms with E-state index in [4.69, 9.17) is 15.7 Å². The van der Waals surface area contributed by atoms with Gasteiger partial charge < -0.3 is 10.5 Å². The molecular formula is C15H13FN2O. The lowest BCUT2D eigenvalue weighted by Gasteiger charge is -2.13. The SMILES string of the molecule is C[C@H](N)c1cc(F)ccc1Oc1ccc(C#N)cc1. The Bertz CT molecular complexity index is 615. The van der Waals surface area contributed by atoms with Crippen molar-refractivity contribution in [3.63, 3.8) is 0 Å². The summed E-state index contributed by atoms with van der Waals surface area (Å²) < 4.78 is 18.9. The van der Waals surface area contributed by atoms with E-state index in [1.165, 1.54) is 12.1 Å². The molecule has 96 valence electrons. The van der Waals surface area contributed by atoms with Crippen molar-refractivity contribution in [3.8, 4) is 17.6 Å². The Morgan fingerprint density at radius 1 is 1.21 bits per heavy atom. The van der Waals surface area contributed by atoms with Gasteiger partial charge in [0.1, 0.15) is 17.3 Å². The van der Waals surface area contributed by atoms with Gasteiger partial charge in [0.2, 0.25) is 0 Å². The molecule has 2 aromatic rings. The van der Waals surface area contributed by atoms with Crippen LogP contribution in [-0.2, 0) is 0 Å². The van der Waals surface area contributed by atoms with Crippen molar-refractivity contribution >= 4 is 0 Å². The Kier molecular flexibility index (Phi) is 3.79. The Morgan fingerprint density at radius 3 is 2.47 bits per heavy atom. The molecular weight excluding hydrogens is 243 g/mol. The van der Waals surface area contributed by atoms with Crippen LogP contribution in [0.1, 0.15) is 24.1 Å². The molecule has 4 heteroatoms. The van der Waals surface area contributed by atoms with Crippen LogP contribution in [0.2, 0.25) is 0 Å². The molecule has 2 rings (SSSR count). The molecule has 1 atom stereocenters. The van der Waals surface area contributed by atoms with Crippen molar-refractivity contribution in [2.45, 2.75) is 13.0 Å². The highest BCUT2D eigenvalue weighted by Crippen LogP contribution is 2.29. The van der Waals surface area contributed by atoms with E-state index in [0.717, 1.165) is 0 Å². The first-order chi connectivity index (χ1) is 9.10. The van der Waals surface area contributed by atoms with Gasteiger partial charge in [-0.15, -0.1) is 0 Å². The van der Waals surface area contributed by atoms with Gasteiger partial charge in [-0.2, -0.15) is 5.26 Å². The van der Waals surface area contributed by atoms with Crippen LogP contribution >= 0.6 is 0 Å². The van der Waals surface area contributed by atoms with E-state index in [9.17, 15) is 4.39 Å². The third kappa shape index (κ3) is 3.09. The molecule has 0 unspecified atom stereocenters. The number of nitrogens with zero attached hydrogens (tertiary/aromatic N) is 1. The molecule has 0 saturated heterocycles. The minimum absolute atomic E-state index is 0.330. The van der Waals surface area contributed by atoms with Crippen molar-refractivity contribution in [1.82, 2.24) is 0 Å². The van der Waals surface area contributed by atoms with Gasteiger partial charge in [-0.1, -0.05) is 0 Å². The molecule has 0 aromatic heterocycles. The normalized spacial score (nSPS) is 11.7. The topological polar surface area (TPSA) is 59.0 Å². The zero-order valence-electron chi connectivity index (χ0n) is 10.4. The Balaban J connectivity index is 2.30. The summed E-state index contributed by atoms with van der Waals surface area (Å²) in [6, 6.07) is 12.6. The number of nitriles is 1. The van der Waals surface area contributed by atoms with E-state index in [1.807, 2.05) is 6.07 Å². The maximum Gasteiger partial charge on any atom is 0.132 e. The van der Waals surface area contributed by atoms with Gasteiger partial charge >= 0.3 is 0 Å². The number of ether oxygens (including phenoxy) is 1. The van der Waals surface area contributed by atoms with Gasteiger partial charge in [-0.3, -0.25) is 0 Å². The van der Waals surface area contributed by atoms with E-state index in [1.54, 1.807) is 37.3 Å². The molecule has 19 heavy (non-hydrogen) atoms. The predicted octanol–water partition coefficient (Wildman–Crippen LogP) is 3.51. The quantitative estimate of drug-likeness (QED) is 0.914. The molecule has 0 aliphatic carbocycles. The monoisotopic (exact) mass is 256 g/mol. The van der Waals surface area contributed by atoms with Crippen LogP contribution in [0.15, 0.2) is 42.5 Å². The molecule has 0 spiro atoms. The van der Waals surface area contributed by atoms with Crippen LogP contribution < -0.4 is 10.5 Å². The molecule has 0 amide bonds. The van der Waals surface area contributed by atoms with Crippen molar-refractivity contribution in [2.75, 3.05) is 0 Å². The maximum atomic E-state index is 13.2. The Morgan fingerprint density at radius 2 is 1.89 bits per heavy atom. The summed E-state index contributed by atoms with van der Waals surface area (Å²) in [4.78, 5) is 0. The molecule has 0 radical (unpaired) electrons. The molecule has 0 bridgehead atoms. The second-order valence-electron chi connectivity index (χ2n) is 4.21. The van der Waals surface area contributed by atoms with Crippen LogP contribution in [0.4, 0.5) is 4.39 Å². The van der Waals surface area contributed by atoms with Crippen molar-refractivity contribution in [3.05, 3.63) is 59.4 Å². The highest BCUT2D eigenvalue weighted by atomic mass is 19.1. The molecule has 2 aromatic carbocycles. The molecule has 0 fully saturated rings. The van der Waals surface area contributed by atoms with E-state index in [2.05, 4.69) is 0 Å². The van der Waals surface area contributed by atoms with Gasteiger partial charge in [-0.05, 0) is 49.4 Å². The van der Waals surface area contributed by atoms with E-state index >= 15 is 0 Å². The largest absolute Gasteiger partial charge is 0.457 e. The number of rotatable bonds is 3. The number of halogens is 1. The molecule has 2 N–H and O–H groups in total. The predicted molar refractivity (Wildman–Crippen MR) is 70.2 cm³/mol. The van der Waals surface area contributed by atoms with E-state index in [-0.39, 0.29) is 11.9 Å². The van der Waals surface area contributed by atoms with E-state index < -0.39 is 0 Å². The van der Waals surface area contributed by atoms with Gasteiger partial charge in [0.05, 0.1) is 11.6 Å². The van der Waals surface area contributed by atoms with Crippen molar-refractivity contribution in [1.29, 1.82) is 5.26 Å². The van der Waals surface area contributed by atoms with Crippen LogP contribution in [0, 0.1) is 17.1 Å². The lowest BCUT2D eigenvalue weighted by Crippen LogP contribution is -2.07. The van der Waals surface area contributed by atoms with Gasteiger partial charge in [-0.25, -0.2) is 4.39 Å². The third-order valence-corrected chi connectivity index (χ3v) is 2.67. The molecule has 0 aliphatic rings. The second kappa shape index (κ2) is 5.51. The Labute approximate surface area is 111 Å². The number of nitrogens with two attached hydrogens (primary N) is 1. The fourth-order valence-electron chi connectivity index (χ4n) is 1.69. The highest BCUT2D eigenvalue weighted by Gasteiger charge is 2.10. The number of hydrogen-bond acceptors (Lipinski definition) is 3. The van der Waals surface area contributed by atoms with Gasteiger partial charge in [0.15, 0.2) is 0 Å². The van der Waals surface area contributed by atoms with E-state index in [0.29, 0.717) is 22.6 Å². The van der Waals surface area contributed by atoms with Crippen LogP contribution in [0.5, 0.6) is 11.5 Å². The van der Waals surface area contributed by atoms with Crippen LogP contribution in [-0.4, -0.2) is 0 Å². The molecule has 0 saturated carbocycles. The average Bonchev–Trinajstić information content (AvgIpc) is 2.41. The van der Waals surface area contributed by atoms with Crippen molar-refractivity contribution < 1.29 is 9.13 Å². The second-order valence-corrected chi connectivity index (χ2v) is 4.21. The first-order valence-corrected chi connectivity index (χ1v) is 5.83. The number of hydrogen-bond donors (Lipinski definition) is 1. The maximum absolute atomic E-state index is 13.2. The summed E-state index contributed by atoms with van der Waals surface area (Å²) in [5.74, 6) is 0.744. The summed E-state index contributed by atoms with van der Waals surface area (Å²) in [6.07, 6.45) is 0. The minimum Gasteiger partial charge on any atom is -0.457 e. The fourth-order valence-corrected chi connectivity index (χ4v) is 1.69. The standard InChI is InChI=1S/C15H13FN2O/c1-10(18)14-8-12(16)4-7-15(14)19-13-5-2-11(9-17)3-6-13/h2-8,10H,18H2,1H3/t10-/m0/s1. The summed E-state index contributed by atoms with van der Waals surface area (Å²) in [5, 5.41) is 8.72. The molecule has 3 nitrogen and oxygen atoms in total. The third-order valence-electron chi connectivity index (χ3n) is 2.67. The lowest BCUT2D eigenvalue weighted by atomic mass is 10.1. The fraction of sp³-hybridized carbons (Fsp3) is 0.133. The van der Waals surface area contributed by atoms with Gasteiger partial charge in [0.25, 0.3) is 0 Å². The summed E-state index contributed by atoms with van der Waals surface area (Å²) in [5.41, 5.74) is 6.95.